The Morgan fingerprint density at radius 1 is 1.33 bits per heavy atom. The minimum atomic E-state index is -1.11. The highest BCUT2D eigenvalue weighted by Gasteiger charge is 2.15. The molecular formula is C12H12N4O2. The first-order valence-electron chi connectivity index (χ1n) is 5.17. The predicted octanol–water partition coefficient (Wildman–Crippen LogP) is 0.816. The van der Waals surface area contributed by atoms with E-state index in [2.05, 4.69) is 0 Å². The Hall–Kier alpha value is -2.57. The van der Waals surface area contributed by atoms with Crippen molar-refractivity contribution in [3.05, 3.63) is 29.3 Å². The molecule has 1 rings (SSSR count). The number of nitrogens with two attached hydrogens (primary N) is 1. The van der Waals surface area contributed by atoms with Crippen LogP contribution in [0.2, 0.25) is 0 Å². The molecule has 0 atom stereocenters. The lowest BCUT2D eigenvalue weighted by atomic mass is 10.0. The van der Waals surface area contributed by atoms with E-state index in [1.54, 1.807) is 17.0 Å². The van der Waals surface area contributed by atoms with Crippen molar-refractivity contribution in [1.29, 1.82) is 10.5 Å². The van der Waals surface area contributed by atoms with Gasteiger partial charge in [-0.15, -0.1) is 0 Å². The van der Waals surface area contributed by atoms with Crippen molar-refractivity contribution < 1.29 is 9.90 Å². The quantitative estimate of drug-likeness (QED) is 0.585. The molecule has 6 nitrogen and oxygen atoms in total. The second-order valence-electron chi connectivity index (χ2n) is 3.65. The van der Waals surface area contributed by atoms with Crippen molar-refractivity contribution in [3.63, 3.8) is 0 Å². The second kappa shape index (κ2) is 6.24. The molecular weight excluding hydrogens is 232 g/mol. The summed E-state index contributed by atoms with van der Waals surface area (Å²) in [4.78, 5) is 12.7. The van der Waals surface area contributed by atoms with Gasteiger partial charge in [0.2, 0.25) is 0 Å². The number of carbonyl (C=O) groups is 1. The van der Waals surface area contributed by atoms with Crippen molar-refractivity contribution in [1.82, 2.24) is 4.90 Å². The number of aromatic carboxylic acids is 1. The molecule has 0 unspecified atom stereocenters. The SMILES string of the molecule is N#CCN(CC#N)Cc1cccc(N)c1C(=O)O. The van der Waals surface area contributed by atoms with E-state index in [1.807, 2.05) is 12.1 Å². The average molecular weight is 244 g/mol. The third-order valence-corrected chi connectivity index (χ3v) is 2.38. The van der Waals surface area contributed by atoms with Crippen molar-refractivity contribution in [2.75, 3.05) is 18.8 Å². The molecule has 0 saturated carbocycles. The van der Waals surface area contributed by atoms with Crippen molar-refractivity contribution in [3.8, 4) is 12.1 Å². The maximum Gasteiger partial charge on any atom is 0.338 e. The lowest BCUT2D eigenvalue weighted by Gasteiger charge is -2.17. The zero-order valence-corrected chi connectivity index (χ0v) is 9.63. The van der Waals surface area contributed by atoms with Gasteiger partial charge in [0, 0.05) is 12.2 Å². The number of benzene rings is 1. The van der Waals surface area contributed by atoms with E-state index in [1.165, 1.54) is 6.07 Å². The molecule has 18 heavy (non-hydrogen) atoms. The first kappa shape index (κ1) is 13.5. The minimum Gasteiger partial charge on any atom is -0.478 e. The average Bonchev–Trinajstić information content (AvgIpc) is 2.29. The fourth-order valence-electron chi connectivity index (χ4n) is 1.62. The molecule has 0 aliphatic heterocycles. The van der Waals surface area contributed by atoms with E-state index in [9.17, 15) is 4.79 Å². The van der Waals surface area contributed by atoms with Crippen LogP contribution < -0.4 is 5.73 Å². The standard InChI is InChI=1S/C12H12N4O2/c13-4-6-16(7-5-14)8-9-2-1-3-10(15)11(9)12(17)18/h1-3H,6-8,15H2,(H,17,18). The minimum absolute atomic E-state index is 0.0263. The molecule has 3 N–H and O–H groups in total. The number of hydrogen-bond acceptors (Lipinski definition) is 5. The van der Waals surface area contributed by atoms with Gasteiger partial charge in [-0.2, -0.15) is 10.5 Å². The molecule has 0 fully saturated rings. The van der Waals surface area contributed by atoms with Crippen molar-refractivity contribution in [2.24, 2.45) is 0 Å². The normalized spacial score (nSPS) is 9.72. The van der Waals surface area contributed by atoms with Crippen LogP contribution in [0.25, 0.3) is 0 Å². The Morgan fingerprint density at radius 3 is 2.44 bits per heavy atom. The Bertz CT molecular complexity index is 512. The first-order valence-corrected chi connectivity index (χ1v) is 5.17. The summed E-state index contributed by atoms with van der Waals surface area (Å²) in [6, 6.07) is 8.64. The summed E-state index contributed by atoms with van der Waals surface area (Å²) in [6.45, 7) is 0.316. The van der Waals surface area contributed by atoms with Crippen LogP contribution in [0.1, 0.15) is 15.9 Å². The van der Waals surface area contributed by atoms with Crippen LogP contribution in [0.4, 0.5) is 5.69 Å². The van der Waals surface area contributed by atoms with E-state index in [4.69, 9.17) is 21.4 Å². The third kappa shape index (κ3) is 3.21. The molecule has 0 amide bonds. The van der Waals surface area contributed by atoms with Gasteiger partial charge in [0.15, 0.2) is 0 Å². The predicted molar refractivity (Wildman–Crippen MR) is 64.3 cm³/mol. The van der Waals surface area contributed by atoms with E-state index in [0.29, 0.717) is 5.56 Å². The van der Waals surface area contributed by atoms with Gasteiger partial charge in [-0.3, -0.25) is 4.90 Å². The maximum absolute atomic E-state index is 11.1. The van der Waals surface area contributed by atoms with Gasteiger partial charge in [-0.05, 0) is 11.6 Å². The molecule has 92 valence electrons. The first-order chi connectivity index (χ1) is 8.60. The molecule has 6 heteroatoms. The van der Waals surface area contributed by atoms with Gasteiger partial charge < -0.3 is 10.8 Å². The van der Waals surface area contributed by atoms with E-state index in [0.717, 1.165) is 0 Å². The smallest absolute Gasteiger partial charge is 0.338 e. The highest BCUT2D eigenvalue weighted by Crippen LogP contribution is 2.18. The van der Waals surface area contributed by atoms with Gasteiger partial charge in [-0.25, -0.2) is 4.79 Å². The molecule has 1 aromatic rings. The van der Waals surface area contributed by atoms with Crippen LogP contribution in [-0.2, 0) is 6.54 Å². The van der Waals surface area contributed by atoms with E-state index in [-0.39, 0.29) is 30.9 Å². The van der Waals surface area contributed by atoms with Crippen LogP contribution in [0.3, 0.4) is 0 Å². The van der Waals surface area contributed by atoms with E-state index < -0.39 is 5.97 Å². The lowest BCUT2D eigenvalue weighted by molar-refractivity contribution is 0.0696. The summed E-state index contributed by atoms with van der Waals surface area (Å²) in [5.41, 5.74) is 6.31. The van der Waals surface area contributed by atoms with Gasteiger partial charge in [0.1, 0.15) is 0 Å². The molecule has 0 aliphatic carbocycles. The highest BCUT2D eigenvalue weighted by molar-refractivity contribution is 5.95. The summed E-state index contributed by atoms with van der Waals surface area (Å²) < 4.78 is 0. The van der Waals surface area contributed by atoms with Crippen LogP contribution in [0.15, 0.2) is 18.2 Å². The summed E-state index contributed by atoms with van der Waals surface area (Å²) >= 11 is 0. The molecule has 0 aliphatic rings. The largest absolute Gasteiger partial charge is 0.478 e. The fraction of sp³-hybridized carbons (Fsp3) is 0.250. The van der Waals surface area contributed by atoms with Gasteiger partial charge in [0.25, 0.3) is 0 Å². The number of carboxylic acids is 1. The molecule has 1 aromatic carbocycles. The van der Waals surface area contributed by atoms with Crippen molar-refractivity contribution in [2.45, 2.75) is 6.54 Å². The molecule has 0 radical (unpaired) electrons. The third-order valence-electron chi connectivity index (χ3n) is 2.38. The van der Waals surface area contributed by atoms with Crippen LogP contribution in [-0.4, -0.2) is 29.1 Å². The number of nitriles is 2. The second-order valence-corrected chi connectivity index (χ2v) is 3.65. The highest BCUT2D eigenvalue weighted by atomic mass is 16.4. The van der Waals surface area contributed by atoms with Gasteiger partial charge in [0.05, 0.1) is 30.8 Å². The number of nitrogen functional groups attached to an aromatic ring is 1. The molecule has 0 bridgehead atoms. The topological polar surface area (TPSA) is 114 Å². The Kier molecular flexibility index (Phi) is 4.67. The van der Waals surface area contributed by atoms with Crippen LogP contribution in [0.5, 0.6) is 0 Å². The monoisotopic (exact) mass is 244 g/mol. The number of carboxylic acid groups (broad SMARTS) is 1. The van der Waals surface area contributed by atoms with Crippen LogP contribution >= 0.6 is 0 Å². The zero-order chi connectivity index (χ0) is 13.5. The van der Waals surface area contributed by atoms with Crippen molar-refractivity contribution >= 4 is 11.7 Å². The number of nitrogens with zero attached hydrogens (tertiary/aromatic N) is 3. The van der Waals surface area contributed by atoms with Crippen LogP contribution in [0, 0.1) is 22.7 Å². The zero-order valence-electron chi connectivity index (χ0n) is 9.63. The molecule has 0 heterocycles. The molecule has 0 saturated heterocycles. The van der Waals surface area contributed by atoms with E-state index >= 15 is 0 Å². The number of rotatable bonds is 5. The summed E-state index contributed by atoms with van der Waals surface area (Å²) in [6.07, 6.45) is 0. The lowest BCUT2D eigenvalue weighted by Crippen LogP contribution is -2.25. The number of anilines is 1. The maximum atomic E-state index is 11.1. The Morgan fingerprint density at radius 2 is 1.94 bits per heavy atom. The van der Waals surface area contributed by atoms with Gasteiger partial charge >= 0.3 is 5.97 Å². The summed E-state index contributed by atoms with van der Waals surface area (Å²) in [5.74, 6) is -1.11. The molecule has 0 spiro atoms. The number of hydrogen-bond donors (Lipinski definition) is 2. The summed E-state index contributed by atoms with van der Waals surface area (Å²) in [7, 11) is 0. The Balaban J connectivity index is 3.03. The fourth-order valence-corrected chi connectivity index (χ4v) is 1.62. The molecule has 0 aromatic heterocycles. The van der Waals surface area contributed by atoms with Gasteiger partial charge in [-0.1, -0.05) is 12.1 Å². The summed E-state index contributed by atoms with van der Waals surface area (Å²) in [5, 5.41) is 26.4. The Labute approximate surface area is 104 Å².